The molecule has 0 aliphatic carbocycles. The number of amides is 1. The number of hydrogen-bond donors (Lipinski definition) is 1. The van der Waals surface area contributed by atoms with Gasteiger partial charge in [0.15, 0.2) is 0 Å². The molecule has 0 bridgehead atoms. The van der Waals surface area contributed by atoms with Crippen LogP contribution in [0.15, 0.2) is 48.5 Å². The predicted octanol–water partition coefficient (Wildman–Crippen LogP) is 3.97. The van der Waals surface area contributed by atoms with Crippen molar-refractivity contribution in [3.05, 3.63) is 59.7 Å². The highest BCUT2D eigenvalue weighted by atomic mass is 16.5. The fourth-order valence-electron chi connectivity index (χ4n) is 3.03. The van der Waals surface area contributed by atoms with E-state index in [4.69, 9.17) is 9.47 Å². The summed E-state index contributed by atoms with van der Waals surface area (Å²) in [4.78, 5) is 14.3. The van der Waals surface area contributed by atoms with Gasteiger partial charge in [0.1, 0.15) is 11.5 Å². The Balaban J connectivity index is 1.71. The van der Waals surface area contributed by atoms with Gasteiger partial charge < -0.3 is 19.7 Å². The van der Waals surface area contributed by atoms with Crippen LogP contribution in [-0.4, -0.2) is 45.2 Å². The standard InChI is InChI=1S/C23H32N2O3/c1-18-9-7-12-21(15-18)28-14-6-5-13-23(26)24-17-22(25(2)3)19-10-8-11-20(16-19)27-4/h7-12,15-16,22H,5-6,13-14,17H2,1-4H3,(H,24,26). The number of benzene rings is 2. The van der Waals surface area contributed by atoms with Gasteiger partial charge in [-0.25, -0.2) is 0 Å². The predicted molar refractivity (Wildman–Crippen MR) is 113 cm³/mol. The highest BCUT2D eigenvalue weighted by molar-refractivity contribution is 5.75. The molecule has 1 N–H and O–H groups in total. The lowest BCUT2D eigenvalue weighted by molar-refractivity contribution is -0.121. The number of ether oxygens (including phenoxy) is 2. The lowest BCUT2D eigenvalue weighted by atomic mass is 10.1. The minimum atomic E-state index is 0.0744. The second-order valence-corrected chi connectivity index (χ2v) is 7.18. The Labute approximate surface area is 168 Å². The third kappa shape index (κ3) is 7.24. The average molecular weight is 385 g/mol. The second kappa shape index (κ2) is 11.3. The Morgan fingerprint density at radius 1 is 1.07 bits per heavy atom. The highest BCUT2D eigenvalue weighted by Crippen LogP contribution is 2.22. The van der Waals surface area contributed by atoms with Crippen LogP contribution in [0.1, 0.15) is 36.4 Å². The van der Waals surface area contributed by atoms with E-state index in [1.165, 1.54) is 5.56 Å². The van der Waals surface area contributed by atoms with Crippen LogP contribution in [0.5, 0.6) is 11.5 Å². The number of nitrogens with zero attached hydrogens (tertiary/aromatic N) is 1. The van der Waals surface area contributed by atoms with Crippen molar-refractivity contribution in [2.75, 3.05) is 34.4 Å². The van der Waals surface area contributed by atoms with E-state index in [0.29, 0.717) is 19.6 Å². The van der Waals surface area contributed by atoms with Gasteiger partial charge in [-0.1, -0.05) is 24.3 Å². The first-order valence-electron chi connectivity index (χ1n) is 9.76. The Hall–Kier alpha value is -2.53. The number of carbonyl (C=O) groups is 1. The molecule has 0 heterocycles. The molecule has 5 nitrogen and oxygen atoms in total. The van der Waals surface area contributed by atoms with E-state index in [-0.39, 0.29) is 11.9 Å². The largest absolute Gasteiger partial charge is 0.497 e. The fourth-order valence-corrected chi connectivity index (χ4v) is 3.03. The van der Waals surface area contributed by atoms with Crippen LogP contribution < -0.4 is 14.8 Å². The van der Waals surface area contributed by atoms with Gasteiger partial charge in [-0.3, -0.25) is 4.79 Å². The molecule has 0 aliphatic rings. The molecule has 0 aliphatic heterocycles. The normalized spacial score (nSPS) is 11.9. The van der Waals surface area contributed by atoms with E-state index >= 15 is 0 Å². The minimum Gasteiger partial charge on any atom is -0.497 e. The fraction of sp³-hybridized carbons (Fsp3) is 0.435. The van der Waals surface area contributed by atoms with Crippen LogP contribution >= 0.6 is 0 Å². The van der Waals surface area contributed by atoms with Crippen molar-refractivity contribution in [3.8, 4) is 11.5 Å². The van der Waals surface area contributed by atoms with Crippen molar-refractivity contribution in [1.82, 2.24) is 10.2 Å². The van der Waals surface area contributed by atoms with E-state index in [9.17, 15) is 4.79 Å². The number of carbonyl (C=O) groups excluding carboxylic acids is 1. The maximum atomic E-state index is 12.2. The topological polar surface area (TPSA) is 50.8 Å². The number of likely N-dealkylation sites (N-methyl/N-ethyl adjacent to an activating group) is 1. The summed E-state index contributed by atoms with van der Waals surface area (Å²) in [5.41, 5.74) is 2.31. The zero-order chi connectivity index (χ0) is 20.4. The zero-order valence-electron chi connectivity index (χ0n) is 17.4. The van der Waals surface area contributed by atoms with Crippen LogP contribution in [0, 0.1) is 6.92 Å². The highest BCUT2D eigenvalue weighted by Gasteiger charge is 2.15. The minimum absolute atomic E-state index is 0.0744. The first-order valence-corrected chi connectivity index (χ1v) is 9.76. The number of aryl methyl sites for hydroxylation is 1. The summed E-state index contributed by atoms with van der Waals surface area (Å²) >= 11 is 0. The Kier molecular flexibility index (Phi) is 8.82. The molecule has 0 saturated heterocycles. The number of nitrogens with one attached hydrogen (secondary N) is 1. The molecule has 0 saturated carbocycles. The van der Waals surface area contributed by atoms with Crippen LogP contribution in [-0.2, 0) is 4.79 Å². The van der Waals surface area contributed by atoms with E-state index in [1.807, 2.05) is 63.5 Å². The molecule has 152 valence electrons. The molecule has 0 spiro atoms. The van der Waals surface area contributed by atoms with Gasteiger partial charge in [0.2, 0.25) is 5.91 Å². The molecule has 1 atom stereocenters. The molecule has 0 fully saturated rings. The molecule has 2 rings (SSSR count). The van der Waals surface area contributed by atoms with Crippen molar-refractivity contribution >= 4 is 5.91 Å². The number of hydrogen-bond acceptors (Lipinski definition) is 4. The number of methoxy groups -OCH3 is 1. The van der Waals surface area contributed by atoms with Crippen molar-refractivity contribution in [2.24, 2.45) is 0 Å². The van der Waals surface area contributed by atoms with E-state index < -0.39 is 0 Å². The molecule has 5 heteroatoms. The Morgan fingerprint density at radius 3 is 2.54 bits per heavy atom. The third-order valence-corrected chi connectivity index (χ3v) is 4.65. The van der Waals surface area contributed by atoms with Crippen molar-refractivity contribution in [3.63, 3.8) is 0 Å². The summed E-state index contributed by atoms with van der Waals surface area (Å²) in [7, 11) is 5.69. The molecule has 28 heavy (non-hydrogen) atoms. The van der Waals surface area contributed by atoms with E-state index in [1.54, 1.807) is 7.11 Å². The molecule has 2 aromatic carbocycles. The summed E-state index contributed by atoms with van der Waals surface area (Å²) in [6, 6.07) is 16.1. The SMILES string of the molecule is COc1cccc(C(CNC(=O)CCCCOc2cccc(C)c2)N(C)C)c1. The van der Waals surface area contributed by atoms with Crippen LogP contribution in [0.3, 0.4) is 0 Å². The molecule has 0 radical (unpaired) electrons. The number of unbranched alkanes of at least 4 members (excludes halogenated alkanes) is 1. The summed E-state index contributed by atoms with van der Waals surface area (Å²) < 4.78 is 11.0. The monoisotopic (exact) mass is 384 g/mol. The molecule has 1 amide bonds. The van der Waals surface area contributed by atoms with Gasteiger partial charge >= 0.3 is 0 Å². The maximum Gasteiger partial charge on any atom is 0.220 e. The van der Waals surface area contributed by atoms with E-state index in [0.717, 1.165) is 29.9 Å². The second-order valence-electron chi connectivity index (χ2n) is 7.18. The van der Waals surface area contributed by atoms with Gasteiger partial charge in [0.25, 0.3) is 0 Å². The molecular weight excluding hydrogens is 352 g/mol. The summed E-state index contributed by atoms with van der Waals surface area (Å²) in [5, 5.41) is 3.05. The average Bonchev–Trinajstić information content (AvgIpc) is 2.68. The van der Waals surface area contributed by atoms with Crippen LogP contribution in [0.25, 0.3) is 0 Å². The quantitative estimate of drug-likeness (QED) is 0.596. The van der Waals surface area contributed by atoms with E-state index in [2.05, 4.69) is 16.3 Å². The van der Waals surface area contributed by atoms with Crippen molar-refractivity contribution in [2.45, 2.75) is 32.2 Å². The first kappa shape index (κ1) is 21.8. The summed E-state index contributed by atoms with van der Waals surface area (Å²) in [6.45, 7) is 3.24. The molecule has 1 unspecified atom stereocenters. The van der Waals surface area contributed by atoms with Crippen molar-refractivity contribution < 1.29 is 14.3 Å². The molecule has 2 aromatic rings. The smallest absolute Gasteiger partial charge is 0.220 e. The maximum absolute atomic E-state index is 12.2. The van der Waals surface area contributed by atoms with Crippen molar-refractivity contribution in [1.29, 1.82) is 0 Å². The lowest BCUT2D eigenvalue weighted by Gasteiger charge is -2.25. The molecular formula is C23H32N2O3. The van der Waals surface area contributed by atoms with Gasteiger partial charge in [-0.2, -0.15) is 0 Å². The van der Waals surface area contributed by atoms with Gasteiger partial charge in [0.05, 0.1) is 19.8 Å². The number of rotatable bonds is 11. The first-order chi connectivity index (χ1) is 13.5. The van der Waals surface area contributed by atoms with Gasteiger partial charge in [0, 0.05) is 13.0 Å². The van der Waals surface area contributed by atoms with Crippen LogP contribution in [0.4, 0.5) is 0 Å². The Bertz CT molecular complexity index is 746. The lowest BCUT2D eigenvalue weighted by Crippen LogP contribution is -2.34. The zero-order valence-corrected chi connectivity index (χ0v) is 17.4. The summed E-state index contributed by atoms with van der Waals surface area (Å²) in [6.07, 6.45) is 2.17. The third-order valence-electron chi connectivity index (χ3n) is 4.65. The Morgan fingerprint density at radius 2 is 1.82 bits per heavy atom. The molecule has 0 aromatic heterocycles. The van der Waals surface area contributed by atoms with Gasteiger partial charge in [-0.15, -0.1) is 0 Å². The summed E-state index contributed by atoms with van der Waals surface area (Å²) in [5.74, 6) is 1.78. The van der Waals surface area contributed by atoms with Crippen LogP contribution in [0.2, 0.25) is 0 Å². The van der Waals surface area contributed by atoms with Gasteiger partial charge in [-0.05, 0) is 69.3 Å².